The van der Waals surface area contributed by atoms with Gasteiger partial charge in [-0.3, -0.25) is 0 Å². The first-order valence-electron chi connectivity index (χ1n) is 5.65. The van der Waals surface area contributed by atoms with Gasteiger partial charge in [0.05, 0.1) is 18.3 Å². The number of hydrogen-bond acceptors (Lipinski definition) is 4. The van der Waals surface area contributed by atoms with Crippen molar-refractivity contribution in [2.24, 2.45) is 0 Å². The fourth-order valence-electron chi connectivity index (χ4n) is 1.48. The quantitative estimate of drug-likeness (QED) is 0.701. The molecule has 0 aliphatic carbocycles. The highest BCUT2D eigenvalue weighted by atomic mass is 32.2. The molecule has 0 saturated carbocycles. The van der Waals surface area contributed by atoms with Crippen molar-refractivity contribution in [2.45, 2.75) is 23.7 Å². The minimum Gasteiger partial charge on any atom is -0.394 e. The number of alkyl halides is 3. The van der Waals surface area contributed by atoms with Crippen LogP contribution in [0.2, 0.25) is 0 Å². The number of rotatable bonds is 6. The second kappa shape index (κ2) is 7.14. The zero-order valence-corrected chi connectivity index (χ0v) is 11.2. The van der Waals surface area contributed by atoms with E-state index in [4.69, 9.17) is 5.11 Å². The average molecular weight is 295 g/mol. The van der Waals surface area contributed by atoms with E-state index >= 15 is 0 Å². The summed E-state index contributed by atoms with van der Waals surface area (Å²) in [5, 5.41) is 20.6. The fraction of sp³-hybridized carbons (Fsp3) is 0.500. The Morgan fingerprint density at radius 1 is 1.37 bits per heavy atom. The van der Waals surface area contributed by atoms with Crippen LogP contribution in [0.5, 0.6) is 0 Å². The maximum Gasteiger partial charge on any atom is 0.417 e. The van der Waals surface area contributed by atoms with Gasteiger partial charge >= 0.3 is 6.18 Å². The molecule has 0 heterocycles. The van der Waals surface area contributed by atoms with Crippen LogP contribution < -0.4 is 5.32 Å². The van der Waals surface area contributed by atoms with Crippen molar-refractivity contribution in [1.29, 1.82) is 0 Å². The molecule has 1 rings (SSSR count). The van der Waals surface area contributed by atoms with Crippen molar-refractivity contribution < 1.29 is 23.4 Å². The second-order valence-electron chi connectivity index (χ2n) is 4.01. The van der Waals surface area contributed by atoms with Crippen molar-refractivity contribution in [3.05, 3.63) is 29.3 Å². The van der Waals surface area contributed by atoms with Gasteiger partial charge in [-0.15, -0.1) is 11.8 Å². The number of benzene rings is 1. The number of halogens is 3. The molecule has 0 aliphatic heterocycles. The smallest absolute Gasteiger partial charge is 0.394 e. The van der Waals surface area contributed by atoms with Crippen LogP contribution in [0.25, 0.3) is 0 Å². The maximum atomic E-state index is 12.9. The number of hydrogen-bond donors (Lipinski definition) is 3. The van der Waals surface area contributed by atoms with E-state index in [9.17, 15) is 18.3 Å². The molecule has 1 aromatic rings. The molecule has 3 nitrogen and oxygen atoms in total. The SMILES string of the molecule is CNCc1ccc(SCC(O)CO)c(C(F)(F)F)c1. The summed E-state index contributed by atoms with van der Waals surface area (Å²) in [6.07, 6.45) is -5.46. The number of thioether (sulfide) groups is 1. The highest BCUT2D eigenvalue weighted by Gasteiger charge is 2.33. The van der Waals surface area contributed by atoms with E-state index in [0.717, 1.165) is 17.8 Å². The standard InChI is InChI=1S/C12H16F3NO2S/c1-16-5-8-2-3-11(19-7-9(18)6-17)10(4-8)12(13,14)15/h2-4,9,16-18H,5-7H2,1H3. The Bertz CT molecular complexity index is 412. The Morgan fingerprint density at radius 2 is 2.05 bits per heavy atom. The van der Waals surface area contributed by atoms with Crippen LogP contribution in [0.3, 0.4) is 0 Å². The van der Waals surface area contributed by atoms with Gasteiger partial charge in [-0.05, 0) is 24.7 Å². The molecule has 0 spiro atoms. The molecule has 1 unspecified atom stereocenters. The lowest BCUT2D eigenvalue weighted by atomic mass is 10.1. The molecule has 3 N–H and O–H groups in total. The number of aliphatic hydroxyl groups is 2. The van der Waals surface area contributed by atoms with Gasteiger partial charge in [-0.25, -0.2) is 0 Å². The molecule has 0 fully saturated rings. The monoisotopic (exact) mass is 295 g/mol. The number of nitrogens with one attached hydrogen (secondary N) is 1. The summed E-state index contributed by atoms with van der Waals surface area (Å²) in [4.78, 5) is 0.0554. The third-order valence-corrected chi connectivity index (χ3v) is 3.59. The summed E-state index contributed by atoms with van der Waals surface area (Å²) in [5.41, 5.74) is -0.169. The summed E-state index contributed by atoms with van der Waals surface area (Å²) in [6.45, 7) is -0.112. The van der Waals surface area contributed by atoms with Crippen molar-refractivity contribution in [1.82, 2.24) is 5.32 Å². The fourth-order valence-corrected chi connectivity index (χ4v) is 2.45. The van der Waals surface area contributed by atoms with Gasteiger partial charge in [0.2, 0.25) is 0 Å². The highest BCUT2D eigenvalue weighted by molar-refractivity contribution is 7.99. The largest absolute Gasteiger partial charge is 0.417 e. The average Bonchev–Trinajstić information content (AvgIpc) is 2.36. The lowest BCUT2D eigenvalue weighted by molar-refractivity contribution is -0.139. The molecule has 0 radical (unpaired) electrons. The normalized spacial score (nSPS) is 13.6. The van der Waals surface area contributed by atoms with Crippen molar-refractivity contribution in [3.63, 3.8) is 0 Å². The lowest BCUT2D eigenvalue weighted by Crippen LogP contribution is -2.16. The molecule has 108 valence electrons. The van der Waals surface area contributed by atoms with E-state index in [1.807, 2.05) is 0 Å². The van der Waals surface area contributed by atoms with Gasteiger partial charge in [0.25, 0.3) is 0 Å². The van der Waals surface area contributed by atoms with Gasteiger partial charge in [0.1, 0.15) is 0 Å². The summed E-state index contributed by atoms with van der Waals surface area (Å²) < 4.78 is 38.8. The third kappa shape index (κ3) is 5.02. The predicted molar refractivity (Wildman–Crippen MR) is 68.0 cm³/mol. The minimum atomic E-state index is -4.43. The van der Waals surface area contributed by atoms with Crippen LogP contribution in [0, 0.1) is 0 Å². The Kier molecular flexibility index (Phi) is 6.12. The van der Waals surface area contributed by atoms with Gasteiger partial charge in [0.15, 0.2) is 0 Å². The molecule has 19 heavy (non-hydrogen) atoms. The van der Waals surface area contributed by atoms with E-state index in [1.165, 1.54) is 6.07 Å². The molecule has 0 saturated heterocycles. The van der Waals surface area contributed by atoms with E-state index in [-0.39, 0.29) is 10.6 Å². The molecule has 1 atom stereocenters. The van der Waals surface area contributed by atoms with Crippen LogP contribution >= 0.6 is 11.8 Å². The molecule has 0 bridgehead atoms. The maximum absolute atomic E-state index is 12.9. The highest BCUT2D eigenvalue weighted by Crippen LogP contribution is 2.37. The molecular weight excluding hydrogens is 279 g/mol. The van der Waals surface area contributed by atoms with Crippen molar-refractivity contribution >= 4 is 11.8 Å². The van der Waals surface area contributed by atoms with Crippen molar-refractivity contribution in [2.75, 3.05) is 19.4 Å². The van der Waals surface area contributed by atoms with Gasteiger partial charge in [-0.1, -0.05) is 6.07 Å². The Labute approximate surface area is 113 Å². The van der Waals surface area contributed by atoms with E-state index < -0.39 is 24.5 Å². The Balaban J connectivity index is 2.96. The first kappa shape index (κ1) is 16.3. The van der Waals surface area contributed by atoms with Crippen LogP contribution in [0.15, 0.2) is 23.1 Å². The van der Waals surface area contributed by atoms with E-state index in [1.54, 1.807) is 13.1 Å². The summed E-state index contributed by atoms with van der Waals surface area (Å²) in [5.74, 6) is 0.0188. The molecular formula is C12H16F3NO2S. The second-order valence-corrected chi connectivity index (χ2v) is 5.07. The minimum absolute atomic E-state index is 0.0188. The van der Waals surface area contributed by atoms with Crippen molar-refractivity contribution in [3.8, 4) is 0 Å². The van der Waals surface area contributed by atoms with Crippen LogP contribution in [0.1, 0.15) is 11.1 Å². The number of aliphatic hydroxyl groups excluding tert-OH is 2. The van der Waals surface area contributed by atoms with Gasteiger partial charge in [0, 0.05) is 17.2 Å². The topological polar surface area (TPSA) is 52.5 Å². The zero-order chi connectivity index (χ0) is 14.5. The van der Waals surface area contributed by atoms with Crippen LogP contribution in [-0.2, 0) is 12.7 Å². The Hall–Kier alpha value is -0.760. The summed E-state index contributed by atoms with van der Waals surface area (Å²) >= 11 is 0.883. The molecule has 0 amide bonds. The molecule has 7 heteroatoms. The summed E-state index contributed by atoms with van der Waals surface area (Å²) in [7, 11) is 1.66. The first-order valence-corrected chi connectivity index (χ1v) is 6.63. The summed E-state index contributed by atoms with van der Waals surface area (Å²) in [6, 6.07) is 4.10. The Morgan fingerprint density at radius 3 is 2.58 bits per heavy atom. The molecule has 0 aromatic heterocycles. The van der Waals surface area contributed by atoms with E-state index in [0.29, 0.717) is 12.1 Å². The molecule has 1 aromatic carbocycles. The van der Waals surface area contributed by atoms with Crippen LogP contribution in [-0.4, -0.2) is 35.7 Å². The third-order valence-electron chi connectivity index (χ3n) is 2.37. The zero-order valence-electron chi connectivity index (χ0n) is 10.4. The van der Waals surface area contributed by atoms with Crippen LogP contribution in [0.4, 0.5) is 13.2 Å². The predicted octanol–water partition coefficient (Wildman–Crippen LogP) is 1.87. The lowest BCUT2D eigenvalue weighted by Gasteiger charge is -2.15. The van der Waals surface area contributed by atoms with Gasteiger partial charge in [-0.2, -0.15) is 13.2 Å². The van der Waals surface area contributed by atoms with Gasteiger partial charge < -0.3 is 15.5 Å². The molecule has 0 aliphatic rings. The van der Waals surface area contributed by atoms with E-state index in [2.05, 4.69) is 5.32 Å². The first-order chi connectivity index (χ1) is 8.88.